The number of rotatable bonds is 2. The Labute approximate surface area is 124 Å². The molecule has 0 radical (unpaired) electrons. The van der Waals surface area contributed by atoms with Crippen molar-refractivity contribution in [1.82, 2.24) is 14.3 Å². The fraction of sp³-hybridized carbons (Fsp3) is 0.286. The average Bonchev–Trinajstić information content (AvgIpc) is 3.11. The van der Waals surface area contributed by atoms with Crippen molar-refractivity contribution in [2.75, 3.05) is 13.6 Å². The highest BCUT2D eigenvalue weighted by Gasteiger charge is 2.24. The summed E-state index contributed by atoms with van der Waals surface area (Å²) in [5.74, 6) is 0. The second kappa shape index (κ2) is 4.51. The van der Waals surface area contributed by atoms with Crippen LogP contribution in [0.15, 0.2) is 17.5 Å². The van der Waals surface area contributed by atoms with Gasteiger partial charge in [-0.15, -0.1) is 11.3 Å². The van der Waals surface area contributed by atoms with E-state index in [1.165, 1.54) is 10.6 Å². The molecule has 0 N–H and O–H groups in total. The second-order valence-corrected chi connectivity index (χ2v) is 7.03. The van der Waals surface area contributed by atoms with Gasteiger partial charge in [0.1, 0.15) is 11.4 Å². The number of nitrogens with zero attached hydrogens (tertiary/aromatic N) is 3. The lowest BCUT2D eigenvalue weighted by molar-refractivity contribution is 0.111. The van der Waals surface area contributed by atoms with Crippen molar-refractivity contribution in [2.45, 2.75) is 13.0 Å². The fourth-order valence-corrected chi connectivity index (χ4v) is 4.71. The van der Waals surface area contributed by atoms with Crippen LogP contribution < -0.4 is 0 Å². The van der Waals surface area contributed by atoms with Gasteiger partial charge < -0.3 is 4.90 Å². The van der Waals surface area contributed by atoms with E-state index in [0.29, 0.717) is 5.69 Å². The van der Waals surface area contributed by atoms with Crippen LogP contribution in [0.4, 0.5) is 0 Å². The van der Waals surface area contributed by atoms with Crippen LogP contribution in [0.5, 0.6) is 0 Å². The van der Waals surface area contributed by atoms with Crippen molar-refractivity contribution >= 4 is 33.9 Å². The summed E-state index contributed by atoms with van der Waals surface area (Å²) in [6.07, 6.45) is 1.92. The van der Waals surface area contributed by atoms with Crippen molar-refractivity contribution in [2.24, 2.45) is 0 Å². The fourth-order valence-electron chi connectivity index (χ4n) is 2.73. The average molecular weight is 303 g/mol. The second-order valence-electron chi connectivity index (χ2n) is 5.02. The third-order valence-corrected chi connectivity index (χ3v) is 5.64. The van der Waals surface area contributed by atoms with Gasteiger partial charge in [-0.25, -0.2) is 4.98 Å². The molecule has 0 unspecified atom stereocenters. The molecule has 6 heteroatoms. The van der Waals surface area contributed by atoms with E-state index in [-0.39, 0.29) is 0 Å². The van der Waals surface area contributed by atoms with Gasteiger partial charge in [0, 0.05) is 30.1 Å². The molecule has 0 saturated heterocycles. The molecule has 0 aliphatic carbocycles. The Bertz CT molecular complexity index is 785. The summed E-state index contributed by atoms with van der Waals surface area (Å²) in [7, 11) is 2.13. The lowest BCUT2D eigenvalue weighted by Gasteiger charge is -2.21. The number of thiazole rings is 1. The quantitative estimate of drug-likeness (QED) is 0.683. The molecular formula is C14H13N3OS2. The van der Waals surface area contributed by atoms with Gasteiger partial charge in [0.15, 0.2) is 11.2 Å². The van der Waals surface area contributed by atoms with Crippen LogP contribution in [0.2, 0.25) is 0 Å². The zero-order valence-electron chi connectivity index (χ0n) is 11.0. The number of thiophene rings is 1. The molecule has 0 amide bonds. The number of carbonyl (C=O) groups is 1. The maximum atomic E-state index is 11.6. The van der Waals surface area contributed by atoms with Gasteiger partial charge in [-0.3, -0.25) is 9.20 Å². The predicted molar refractivity (Wildman–Crippen MR) is 81.8 cm³/mol. The minimum absolute atomic E-state index is 0.699. The van der Waals surface area contributed by atoms with E-state index in [9.17, 15) is 4.79 Å². The highest BCUT2D eigenvalue weighted by atomic mass is 32.1. The first-order valence-electron chi connectivity index (χ1n) is 6.48. The van der Waals surface area contributed by atoms with Gasteiger partial charge in [0.25, 0.3) is 0 Å². The lowest BCUT2D eigenvalue weighted by Crippen LogP contribution is -2.26. The Hall–Kier alpha value is -1.50. The van der Waals surface area contributed by atoms with Crippen molar-refractivity contribution in [3.8, 4) is 10.6 Å². The standard InChI is InChI=1S/C14H13N3OS2/c1-16-5-4-9-12(7-16)20-14-15-13(10(8-18)17(9)14)11-3-2-6-19-11/h2-3,6,8H,4-5,7H2,1H3. The van der Waals surface area contributed by atoms with Crippen molar-refractivity contribution in [1.29, 1.82) is 0 Å². The maximum absolute atomic E-state index is 11.6. The number of imidazole rings is 1. The summed E-state index contributed by atoms with van der Waals surface area (Å²) in [4.78, 5) is 21.9. The molecule has 1 aliphatic rings. The van der Waals surface area contributed by atoms with Gasteiger partial charge in [-0.2, -0.15) is 0 Å². The zero-order valence-corrected chi connectivity index (χ0v) is 12.6. The number of likely N-dealkylation sites (N-methyl/N-ethyl adjacent to an activating group) is 1. The van der Waals surface area contributed by atoms with Crippen molar-refractivity contribution in [3.05, 3.63) is 33.8 Å². The molecule has 0 fully saturated rings. The normalized spacial score (nSPS) is 15.7. The molecule has 4 rings (SSSR count). The number of aromatic nitrogens is 2. The van der Waals surface area contributed by atoms with Crippen molar-refractivity contribution < 1.29 is 4.79 Å². The Balaban J connectivity index is 1.97. The summed E-state index contributed by atoms with van der Waals surface area (Å²) in [5, 5.41) is 2.02. The van der Waals surface area contributed by atoms with Crippen LogP contribution in [0, 0.1) is 0 Å². The van der Waals surface area contributed by atoms with Gasteiger partial charge >= 0.3 is 0 Å². The molecule has 0 bridgehead atoms. The zero-order chi connectivity index (χ0) is 13.7. The minimum atomic E-state index is 0.699. The third-order valence-electron chi connectivity index (χ3n) is 3.70. The Morgan fingerprint density at radius 1 is 1.45 bits per heavy atom. The molecule has 0 spiro atoms. The van der Waals surface area contributed by atoms with Gasteiger partial charge in [0.05, 0.1) is 4.88 Å². The molecule has 0 atom stereocenters. The van der Waals surface area contributed by atoms with Crippen LogP contribution in [0.3, 0.4) is 0 Å². The first kappa shape index (κ1) is 12.3. The molecule has 1 aliphatic heterocycles. The first-order valence-corrected chi connectivity index (χ1v) is 8.18. The highest BCUT2D eigenvalue weighted by molar-refractivity contribution is 7.17. The Morgan fingerprint density at radius 3 is 3.10 bits per heavy atom. The molecule has 0 aromatic carbocycles. The monoisotopic (exact) mass is 303 g/mol. The number of hydrogen-bond acceptors (Lipinski definition) is 5. The van der Waals surface area contributed by atoms with E-state index in [1.54, 1.807) is 22.7 Å². The number of carbonyl (C=O) groups excluding carboxylic acids is 1. The van der Waals surface area contributed by atoms with E-state index in [1.807, 2.05) is 17.5 Å². The van der Waals surface area contributed by atoms with Gasteiger partial charge in [-0.05, 0) is 18.5 Å². The van der Waals surface area contributed by atoms with E-state index >= 15 is 0 Å². The SMILES string of the molecule is CN1CCc2c(sc3nc(-c4cccs4)c(C=O)n23)C1. The predicted octanol–water partition coefficient (Wildman–Crippen LogP) is 2.92. The van der Waals surface area contributed by atoms with Gasteiger partial charge in [-0.1, -0.05) is 17.4 Å². The number of hydrogen-bond donors (Lipinski definition) is 0. The van der Waals surface area contributed by atoms with Crippen molar-refractivity contribution in [3.63, 3.8) is 0 Å². The maximum Gasteiger partial charge on any atom is 0.195 e. The molecule has 4 heterocycles. The van der Waals surface area contributed by atoms with Crippen LogP contribution >= 0.6 is 22.7 Å². The van der Waals surface area contributed by atoms with Crippen LogP contribution in [-0.2, 0) is 13.0 Å². The Morgan fingerprint density at radius 2 is 2.35 bits per heavy atom. The molecule has 102 valence electrons. The van der Waals surface area contributed by atoms with E-state index in [2.05, 4.69) is 16.3 Å². The highest BCUT2D eigenvalue weighted by Crippen LogP contribution is 2.34. The number of aldehydes is 1. The van der Waals surface area contributed by atoms with E-state index < -0.39 is 0 Å². The van der Waals surface area contributed by atoms with E-state index in [0.717, 1.165) is 41.3 Å². The van der Waals surface area contributed by atoms with Crippen LogP contribution in [-0.4, -0.2) is 34.2 Å². The smallest absolute Gasteiger partial charge is 0.195 e. The first-order chi connectivity index (χ1) is 9.78. The molecule has 3 aromatic heterocycles. The Kier molecular flexibility index (Phi) is 2.76. The molecule has 3 aromatic rings. The van der Waals surface area contributed by atoms with Crippen LogP contribution in [0.25, 0.3) is 15.5 Å². The summed E-state index contributed by atoms with van der Waals surface area (Å²) in [6, 6.07) is 4.01. The third kappa shape index (κ3) is 1.69. The summed E-state index contributed by atoms with van der Waals surface area (Å²) in [5.41, 5.74) is 2.79. The molecule has 4 nitrogen and oxygen atoms in total. The van der Waals surface area contributed by atoms with Crippen LogP contribution in [0.1, 0.15) is 21.1 Å². The molecule has 0 saturated carbocycles. The summed E-state index contributed by atoms with van der Waals surface area (Å²) in [6.45, 7) is 1.99. The molecular weight excluding hydrogens is 290 g/mol. The van der Waals surface area contributed by atoms with Gasteiger partial charge in [0.2, 0.25) is 0 Å². The molecule has 20 heavy (non-hydrogen) atoms. The minimum Gasteiger partial charge on any atom is -0.301 e. The summed E-state index contributed by atoms with van der Waals surface area (Å²) < 4.78 is 2.06. The van der Waals surface area contributed by atoms with E-state index in [4.69, 9.17) is 4.98 Å². The number of fused-ring (bicyclic) bond motifs is 3. The largest absolute Gasteiger partial charge is 0.301 e. The lowest BCUT2D eigenvalue weighted by atomic mass is 10.2. The summed E-state index contributed by atoms with van der Waals surface area (Å²) >= 11 is 3.33. The topological polar surface area (TPSA) is 37.6 Å².